The molecule has 0 radical (unpaired) electrons. The number of aromatic carboxylic acids is 1. The van der Waals surface area contributed by atoms with E-state index in [0.717, 1.165) is 11.4 Å². The highest BCUT2D eigenvalue weighted by Crippen LogP contribution is 2.47. The highest BCUT2D eigenvalue weighted by molar-refractivity contribution is 7.58. The zero-order chi connectivity index (χ0) is 15.0. The van der Waals surface area contributed by atoms with Crippen molar-refractivity contribution in [2.24, 2.45) is 8.73 Å². The molecular weight excluding hydrogens is 339 g/mol. The molecule has 2 aromatic rings. The van der Waals surface area contributed by atoms with Gasteiger partial charge in [-0.05, 0) is 6.07 Å². The van der Waals surface area contributed by atoms with Crippen molar-refractivity contribution in [3.05, 3.63) is 33.6 Å². The van der Waals surface area contributed by atoms with Gasteiger partial charge in [0.05, 0.1) is 33.6 Å². The number of halogens is 2. The number of carbonyl (C=O) groups is 1. The Morgan fingerprint density at radius 2 is 2.05 bits per heavy atom. The van der Waals surface area contributed by atoms with E-state index >= 15 is 0 Å². The van der Waals surface area contributed by atoms with Crippen LogP contribution in [0.1, 0.15) is 16.2 Å². The van der Waals surface area contributed by atoms with E-state index < -0.39 is 5.97 Å². The molecule has 0 saturated carbocycles. The Bertz CT molecular complexity index is 814. The third kappa shape index (κ3) is 2.65. The van der Waals surface area contributed by atoms with Crippen molar-refractivity contribution in [2.45, 2.75) is 6.54 Å². The van der Waals surface area contributed by atoms with Crippen LogP contribution in [-0.4, -0.2) is 16.2 Å². The summed E-state index contributed by atoms with van der Waals surface area (Å²) in [5.41, 5.74) is 1.50. The number of fused-ring (bicyclic) bond motifs is 1. The van der Waals surface area contributed by atoms with Crippen LogP contribution >= 0.6 is 23.2 Å². The molecule has 7 nitrogen and oxygen atoms in total. The predicted molar refractivity (Wildman–Crippen MR) is 78.8 cm³/mol. The standard InChI is InChI=1S/C11H6Cl2N4O3S/c12-5-2-6(13)9-10(17-21-16-9)8(5)14-3-4-1-7(11(18)19)15-20-4/h1-2,14H,3H2,(H,18,19). The average molecular weight is 345 g/mol. The Labute approximate surface area is 131 Å². The molecule has 108 valence electrons. The minimum absolute atomic E-state index is 0.158. The zero-order valence-corrected chi connectivity index (χ0v) is 12.5. The number of aromatic nitrogens is 1. The van der Waals surface area contributed by atoms with Crippen LogP contribution in [0.25, 0.3) is 0 Å². The summed E-state index contributed by atoms with van der Waals surface area (Å²) >= 11 is 13.2. The lowest BCUT2D eigenvalue weighted by Crippen LogP contribution is -1.99. The summed E-state index contributed by atoms with van der Waals surface area (Å²) in [6.45, 7) is 0.203. The molecule has 3 rings (SSSR count). The van der Waals surface area contributed by atoms with Gasteiger partial charge in [0, 0.05) is 6.07 Å². The molecule has 1 aromatic heterocycles. The number of hydrogen-bond acceptors (Lipinski definition) is 6. The van der Waals surface area contributed by atoms with Crippen molar-refractivity contribution in [1.82, 2.24) is 5.16 Å². The number of rotatable bonds is 4. The van der Waals surface area contributed by atoms with Crippen molar-refractivity contribution >= 4 is 57.6 Å². The second-order valence-electron chi connectivity index (χ2n) is 4.01. The molecule has 0 spiro atoms. The van der Waals surface area contributed by atoms with Crippen LogP contribution in [0.15, 0.2) is 25.4 Å². The fourth-order valence-corrected chi connectivity index (χ4v) is 2.89. The average Bonchev–Trinajstić information content (AvgIpc) is 3.06. The molecule has 21 heavy (non-hydrogen) atoms. The first-order chi connectivity index (χ1) is 10.1. The van der Waals surface area contributed by atoms with Crippen LogP contribution in [0.3, 0.4) is 0 Å². The number of carboxylic acid groups (broad SMARTS) is 1. The lowest BCUT2D eigenvalue weighted by molar-refractivity contribution is 0.0685. The van der Waals surface area contributed by atoms with E-state index in [1.807, 2.05) is 0 Å². The van der Waals surface area contributed by atoms with Gasteiger partial charge in [-0.25, -0.2) is 4.79 Å². The maximum absolute atomic E-state index is 10.7. The first-order valence-electron chi connectivity index (χ1n) is 5.59. The Hall–Kier alpha value is -1.90. The summed E-state index contributed by atoms with van der Waals surface area (Å²) in [6.07, 6.45) is 0. The third-order valence-corrected chi connectivity index (χ3v) is 3.78. The maximum Gasteiger partial charge on any atom is 0.358 e. The fraction of sp³-hybridized carbons (Fsp3) is 0.0909. The number of hydrogen-bond donors (Lipinski definition) is 2. The molecule has 2 heterocycles. The smallest absolute Gasteiger partial charge is 0.358 e. The third-order valence-electron chi connectivity index (χ3n) is 2.66. The van der Waals surface area contributed by atoms with Gasteiger partial charge in [0.15, 0.2) is 11.5 Å². The second kappa shape index (κ2) is 5.47. The van der Waals surface area contributed by atoms with Gasteiger partial charge >= 0.3 is 5.97 Å². The van der Waals surface area contributed by atoms with Gasteiger partial charge in [-0.1, -0.05) is 28.4 Å². The normalized spacial score (nSPS) is 12.1. The van der Waals surface area contributed by atoms with E-state index in [2.05, 4.69) is 19.2 Å². The number of nitrogens with zero attached hydrogens (tertiary/aromatic N) is 3. The molecule has 0 fully saturated rings. The topological polar surface area (TPSA) is 100 Å². The van der Waals surface area contributed by atoms with Crippen molar-refractivity contribution < 1.29 is 14.4 Å². The molecule has 1 aromatic carbocycles. The van der Waals surface area contributed by atoms with Gasteiger partial charge in [0.2, 0.25) is 0 Å². The number of anilines is 1. The van der Waals surface area contributed by atoms with Gasteiger partial charge in [-0.3, -0.25) is 0 Å². The summed E-state index contributed by atoms with van der Waals surface area (Å²) in [5.74, 6) is -0.796. The lowest BCUT2D eigenvalue weighted by atomic mass is 10.2. The van der Waals surface area contributed by atoms with Gasteiger partial charge in [-0.2, -0.15) is 8.73 Å². The quantitative estimate of drug-likeness (QED) is 0.744. The minimum Gasteiger partial charge on any atom is -0.476 e. The molecule has 1 aliphatic heterocycles. The van der Waals surface area contributed by atoms with E-state index in [1.54, 1.807) is 6.07 Å². The second-order valence-corrected chi connectivity index (χ2v) is 5.36. The molecule has 10 heteroatoms. The van der Waals surface area contributed by atoms with E-state index in [0.29, 0.717) is 32.9 Å². The van der Waals surface area contributed by atoms with Gasteiger partial charge < -0.3 is 14.9 Å². The minimum atomic E-state index is -1.15. The van der Waals surface area contributed by atoms with Crippen LogP contribution in [0.5, 0.6) is 0 Å². The maximum atomic E-state index is 10.7. The summed E-state index contributed by atoms with van der Waals surface area (Å²) in [5, 5.41) is 16.0. The van der Waals surface area contributed by atoms with E-state index in [1.165, 1.54) is 6.07 Å². The predicted octanol–water partition coefficient (Wildman–Crippen LogP) is 4.02. The van der Waals surface area contributed by atoms with Crippen molar-refractivity contribution in [3.8, 4) is 0 Å². The molecule has 0 amide bonds. The molecule has 0 saturated heterocycles. The van der Waals surface area contributed by atoms with E-state index in [-0.39, 0.29) is 12.2 Å². The first kappa shape index (κ1) is 14.1. The molecular formula is C11H6Cl2N4O3S. The van der Waals surface area contributed by atoms with E-state index in [4.69, 9.17) is 32.8 Å². The summed E-state index contributed by atoms with van der Waals surface area (Å²) < 4.78 is 13.1. The Kier molecular flexibility index (Phi) is 3.66. The number of carboxylic acids is 1. The van der Waals surface area contributed by atoms with Crippen LogP contribution in [0.4, 0.5) is 17.1 Å². The highest BCUT2D eigenvalue weighted by Gasteiger charge is 2.19. The van der Waals surface area contributed by atoms with Crippen molar-refractivity contribution in [2.75, 3.05) is 5.32 Å². The first-order valence-corrected chi connectivity index (χ1v) is 7.08. The van der Waals surface area contributed by atoms with Crippen LogP contribution in [-0.2, 0) is 17.9 Å². The van der Waals surface area contributed by atoms with Gasteiger partial charge in [0.1, 0.15) is 11.4 Å². The monoisotopic (exact) mass is 344 g/mol. The lowest BCUT2D eigenvalue weighted by Gasteiger charge is -2.10. The van der Waals surface area contributed by atoms with Gasteiger partial charge in [0.25, 0.3) is 0 Å². The summed E-state index contributed by atoms with van der Waals surface area (Å²) in [4.78, 5) is 10.7. The van der Waals surface area contributed by atoms with E-state index in [9.17, 15) is 4.79 Å². The summed E-state index contributed by atoms with van der Waals surface area (Å²) in [7, 11) is 0. The highest BCUT2D eigenvalue weighted by atomic mass is 35.5. The van der Waals surface area contributed by atoms with Crippen LogP contribution in [0.2, 0.25) is 10.0 Å². The SMILES string of the molecule is O=C(O)c1cc(CNc2c(Cl)cc(Cl)c3c2N=S=N3)on1. The molecule has 0 aliphatic carbocycles. The molecule has 0 bridgehead atoms. The van der Waals surface area contributed by atoms with Crippen LogP contribution < -0.4 is 5.32 Å². The number of benzene rings is 1. The largest absolute Gasteiger partial charge is 0.476 e. The zero-order valence-electron chi connectivity index (χ0n) is 10.1. The summed E-state index contributed by atoms with van der Waals surface area (Å²) in [6, 6.07) is 2.90. The van der Waals surface area contributed by atoms with Crippen LogP contribution in [0, 0.1) is 0 Å². The molecule has 0 atom stereocenters. The fourth-order valence-electron chi connectivity index (χ4n) is 1.71. The van der Waals surface area contributed by atoms with Crippen molar-refractivity contribution in [1.29, 1.82) is 0 Å². The molecule has 0 unspecified atom stereocenters. The van der Waals surface area contributed by atoms with Crippen molar-refractivity contribution in [3.63, 3.8) is 0 Å². The molecule has 1 aliphatic rings. The molecule has 2 N–H and O–H groups in total. The van der Waals surface area contributed by atoms with Gasteiger partial charge in [-0.15, -0.1) is 0 Å². The number of nitrogens with one attached hydrogen (secondary N) is 1. The Balaban J connectivity index is 1.84. The Morgan fingerprint density at radius 1 is 1.29 bits per heavy atom. The Morgan fingerprint density at radius 3 is 2.76 bits per heavy atom.